The summed E-state index contributed by atoms with van der Waals surface area (Å²) in [7, 11) is 1.78. The van der Waals surface area contributed by atoms with Crippen LogP contribution in [0.15, 0.2) is 24.5 Å². The van der Waals surface area contributed by atoms with Gasteiger partial charge in [0.15, 0.2) is 5.82 Å². The Labute approximate surface area is 98.5 Å². The molecule has 1 amide bonds. The normalized spacial score (nSPS) is 10.2. The number of nitrogens with two attached hydrogens (primary N) is 1. The molecule has 0 aliphatic carbocycles. The Morgan fingerprint density at radius 2 is 2.29 bits per heavy atom. The molecule has 0 fully saturated rings. The van der Waals surface area contributed by atoms with Crippen LogP contribution in [0, 0.1) is 6.92 Å². The van der Waals surface area contributed by atoms with Crippen LogP contribution in [0.5, 0.6) is 0 Å². The van der Waals surface area contributed by atoms with Crippen molar-refractivity contribution in [1.29, 1.82) is 0 Å². The van der Waals surface area contributed by atoms with Gasteiger partial charge >= 0.3 is 0 Å². The second kappa shape index (κ2) is 4.25. The summed E-state index contributed by atoms with van der Waals surface area (Å²) in [5.74, 6) is 0.0988. The van der Waals surface area contributed by atoms with E-state index in [1.54, 1.807) is 30.1 Å². The van der Waals surface area contributed by atoms with Crippen LogP contribution in [0.2, 0.25) is 0 Å². The topological polar surface area (TPSA) is 85.8 Å². The van der Waals surface area contributed by atoms with Gasteiger partial charge in [0.2, 0.25) is 0 Å². The molecule has 6 nitrogen and oxygen atoms in total. The Morgan fingerprint density at radius 1 is 1.53 bits per heavy atom. The second-order valence-corrected chi connectivity index (χ2v) is 3.66. The lowest BCUT2D eigenvalue weighted by atomic mass is 10.2. The van der Waals surface area contributed by atoms with Crippen LogP contribution >= 0.6 is 0 Å². The Kier molecular flexibility index (Phi) is 2.78. The van der Waals surface area contributed by atoms with Gasteiger partial charge in [-0.2, -0.15) is 5.10 Å². The largest absolute Gasteiger partial charge is 0.396 e. The molecule has 0 bridgehead atoms. The van der Waals surface area contributed by atoms with Crippen molar-refractivity contribution in [2.24, 2.45) is 7.05 Å². The van der Waals surface area contributed by atoms with E-state index >= 15 is 0 Å². The third kappa shape index (κ3) is 2.10. The summed E-state index contributed by atoms with van der Waals surface area (Å²) < 4.78 is 1.64. The standard InChI is InChI=1S/C11H13N5O/c1-7-8(6-14-16(7)2)11(17)15-10-9(12)4-3-5-13-10/h3-6H,12H2,1-2H3,(H,13,15,17). The molecule has 88 valence electrons. The predicted molar refractivity (Wildman–Crippen MR) is 64.5 cm³/mol. The van der Waals surface area contributed by atoms with E-state index in [0.717, 1.165) is 5.69 Å². The van der Waals surface area contributed by atoms with Gasteiger partial charge in [0.05, 0.1) is 17.4 Å². The van der Waals surface area contributed by atoms with Crippen molar-refractivity contribution in [3.8, 4) is 0 Å². The predicted octanol–water partition coefficient (Wildman–Crippen LogP) is 0.958. The SMILES string of the molecule is Cc1c(C(=O)Nc2ncccc2N)cnn1C. The fourth-order valence-electron chi connectivity index (χ4n) is 1.42. The minimum atomic E-state index is -0.263. The number of amides is 1. The average molecular weight is 231 g/mol. The number of pyridine rings is 1. The summed E-state index contributed by atoms with van der Waals surface area (Å²) in [6.07, 6.45) is 3.09. The first-order valence-corrected chi connectivity index (χ1v) is 5.10. The van der Waals surface area contributed by atoms with Crippen molar-refractivity contribution in [3.05, 3.63) is 35.8 Å². The second-order valence-electron chi connectivity index (χ2n) is 3.66. The van der Waals surface area contributed by atoms with E-state index in [1.165, 1.54) is 6.20 Å². The van der Waals surface area contributed by atoms with Crippen LogP contribution in [0.3, 0.4) is 0 Å². The molecule has 0 unspecified atom stereocenters. The number of hydrogen-bond donors (Lipinski definition) is 2. The zero-order valence-corrected chi connectivity index (χ0v) is 9.64. The van der Waals surface area contributed by atoms with E-state index in [4.69, 9.17) is 5.73 Å². The number of aryl methyl sites for hydroxylation is 1. The highest BCUT2D eigenvalue weighted by atomic mass is 16.1. The van der Waals surface area contributed by atoms with Gasteiger partial charge in [-0.3, -0.25) is 9.48 Å². The van der Waals surface area contributed by atoms with Crippen LogP contribution in [-0.4, -0.2) is 20.7 Å². The first kappa shape index (κ1) is 11.1. The lowest BCUT2D eigenvalue weighted by Crippen LogP contribution is -2.15. The van der Waals surface area contributed by atoms with E-state index in [1.807, 2.05) is 6.92 Å². The molecule has 0 radical (unpaired) electrons. The quantitative estimate of drug-likeness (QED) is 0.806. The Hall–Kier alpha value is -2.37. The molecular formula is C11H13N5O. The molecule has 0 aliphatic heterocycles. The molecule has 0 atom stereocenters. The van der Waals surface area contributed by atoms with Crippen molar-refractivity contribution in [1.82, 2.24) is 14.8 Å². The highest BCUT2D eigenvalue weighted by Crippen LogP contribution is 2.15. The van der Waals surface area contributed by atoms with Crippen LogP contribution in [-0.2, 0) is 7.05 Å². The minimum Gasteiger partial charge on any atom is -0.396 e. The fourth-order valence-corrected chi connectivity index (χ4v) is 1.42. The molecule has 0 aromatic carbocycles. The third-order valence-electron chi connectivity index (χ3n) is 2.55. The van der Waals surface area contributed by atoms with E-state index < -0.39 is 0 Å². The first-order chi connectivity index (χ1) is 8.09. The summed E-state index contributed by atoms with van der Waals surface area (Å²) in [5.41, 5.74) is 7.43. The molecular weight excluding hydrogens is 218 g/mol. The number of nitrogens with zero attached hydrogens (tertiary/aromatic N) is 3. The zero-order chi connectivity index (χ0) is 12.4. The molecule has 0 saturated heterocycles. The highest BCUT2D eigenvalue weighted by Gasteiger charge is 2.14. The van der Waals surface area contributed by atoms with Crippen molar-refractivity contribution in [2.45, 2.75) is 6.92 Å². The molecule has 17 heavy (non-hydrogen) atoms. The van der Waals surface area contributed by atoms with E-state index in [-0.39, 0.29) is 5.91 Å². The van der Waals surface area contributed by atoms with Gasteiger partial charge in [-0.05, 0) is 19.1 Å². The monoisotopic (exact) mass is 231 g/mol. The number of nitrogen functional groups attached to an aromatic ring is 1. The molecule has 2 aromatic rings. The molecule has 0 saturated carbocycles. The summed E-state index contributed by atoms with van der Waals surface area (Å²) >= 11 is 0. The van der Waals surface area contributed by atoms with Gasteiger partial charge in [-0.25, -0.2) is 4.98 Å². The van der Waals surface area contributed by atoms with Gasteiger partial charge in [0, 0.05) is 18.9 Å². The fraction of sp³-hybridized carbons (Fsp3) is 0.182. The summed E-state index contributed by atoms with van der Waals surface area (Å²) in [5, 5.41) is 6.66. The third-order valence-corrected chi connectivity index (χ3v) is 2.55. The van der Waals surface area contributed by atoms with Crippen molar-refractivity contribution >= 4 is 17.4 Å². The van der Waals surface area contributed by atoms with E-state index in [9.17, 15) is 4.79 Å². The van der Waals surface area contributed by atoms with Crippen LogP contribution < -0.4 is 11.1 Å². The van der Waals surface area contributed by atoms with Crippen molar-refractivity contribution in [2.75, 3.05) is 11.1 Å². The summed E-state index contributed by atoms with van der Waals surface area (Å²) in [6, 6.07) is 3.39. The summed E-state index contributed by atoms with van der Waals surface area (Å²) in [6.45, 7) is 1.82. The smallest absolute Gasteiger partial charge is 0.260 e. The lowest BCUT2D eigenvalue weighted by molar-refractivity contribution is 0.102. The molecule has 2 heterocycles. The van der Waals surface area contributed by atoms with Gasteiger partial charge < -0.3 is 11.1 Å². The number of carbonyl (C=O) groups excluding carboxylic acids is 1. The average Bonchev–Trinajstić information content (AvgIpc) is 2.63. The Balaban J connectivity index is 2.23. The van der Waals surface area contributed by atoms with E-state index in [0.29, 0.717) is 17.1 Å². The number of nitrogens with one attached hydrogen (secondary N) is 1. The highest BCUT2D eigenvalue weighted by molar-refractivity contribution is 6.05. The number of carbonyl (C=O) groups is 1. The molecule has 0 spiro atoms. The molecule has 2 rings (SSSR count). The van der Waals surface area contributed by atoms with Gasteiger partial charge in [-0.1, -0.05) is 0 Å². The Morgan fingerprint density at radius 3 is 2.88 bits per heavy atom. The number of anilines is 2. The molecule has 2 aromatic heterocycles. The van der Waals surface area contributed by atoms with Crippen LogP contribution in [0.4, 0.5) is 11.5 Å². The van der Waals surface area contributed by atoms with Crippen molar-refractivity contribution < 1.29 is 4.79 Å². The summed E-state index contributed by atoms with van der Waals surface area (Å²) in [4.78, 5) is 15.9. The van der Waals surface area contributed by atoms with Gasteiger partial charge in [-0.15, -0.1) is 0 Å². The number of aromatic nitrogens is 3. The molecule has 0 aliphatic rings. The lowest BCUT2D eigenvalue weighted by Gasteiger charge is -2.06. The molecule has 6 heteroatoms. The minimum absolute atomic E-state index is 0.263. The van der Waals surface area contributed by atoms with Crippen molar-refractivity contribution in [3.63, 3.8) is 0 Å². The first-order valence-electron chi connectivity index (χ1n) is 5.10. The van der Waals surface area contributed by atoms with Crippen LogP contribution in [0.25, 0.3) is 0 Å². The maximum Gasteiger partial charge on any atom is 0.260 e. The maximum atomic E-state index is 11.9. The van der Waals surface area contributed by atoms with Crippen LogP contribution in [0.1, 0.15) is 16.1 Å². The van der Waals surface area contributed by atoms with Gasteiger partial charge in [0.25, 0.3) is 5.91 Å². The number of hydrogen-bond acceptors (Lipinski definition) is 4. The maximum absolute atomic E-state index is 11.9. The number of rotatable bonds is 2. The van der Waals surface area contributed by atoms with Gasteiger partial charge in [0.1, 0.15) is 0 Å². The Bertz CT molecular complexity index is 561. The van der Waals surface area contributed by atoms with E-state index in [2.05, 4.69) is 15.4 Å². The molecule has 3 N–H and O–H groups in total. The zero-order valence-electron chi connectivity index (χ0n) is 9.64.